The fourth-order valence-corrected chi connectivity index (χ4v) is 1.53. The van der Waals surface area contributed by atoms with Gasteiger partial charge in [0.1, 0.15) is 11.6 Å². The predicted octanol–water partition coefficient (Wildman–Crippen LogP) is 2.27. The van der Waals surface area contributed by atoms with Crippen LogP contribution in [0.1, 0.15) is 13.8 Å². The summed E-state index contributed by atoms with van der Waals surface area (Å²) in [5, 5.41) is 14.8. The third-order valence-electron chi connectivity index (χ3n) is 2.15. The van der Waals surface area contributed by atoms with Gasteiger partial charge in [0, 0.05) is 17.9 Å². The maximum absolute atomic E-state index is 11.7. The van der Waals surface area contributed by atoms with Gasteiger partial charge in [-0.1, -0.05) is 11.6 Å². The summed E-state index contributed by atoms with van der Waals surface area (Å²) in [6.07, 6.45) is 1.31. The molecule has 4 N–H and O–H groups in total. The van der Waals surface area contributed by atoms with Crippen LogP contribution in [0.25, 0.3) is 0 Å². The molecule has 1 aromatic rings. The minimum absolute atomic E-state index is 0.0263. The first-order valence-electron chi connectivity index (χ1n) is 5.66. The summed E-state index contributed by atoms with van der Waals surface area (Å²) in [6, 6.07) is 6.71. The van der Waals surface area contributed by atoms with E-state index in [0.29, 0.717) is 16.4 Å². The van der Waals surface area contributed by atoms with Crippen LogP contribution in [0.2, 0.25) is 5.02 Å². The van der Waals surface area contributed by atoms with Crippen LogP contribution < -0.4 is 16.4 Å². The van der Waals surface area contributed by atoms with Crippen molar-refractivity contribution in [1.82, 2.24) is 5.32 Å². The summed E-state index contributed by atoms with van der Waals surface area (Å²) < 4.78 is 0. The van der Waals surface area contributed by atoms with Crippen LogP contribution in [0.3, 0.4) is 0 Å². The number of carbonyl (C=O) groups excluding carboxylic acids is 1. The Balaban J connectivity index is 2.83. The highest BCUT2D eigenvalue weighted by Crippen LogP contribution is 2.24. The third-order valence-corrected chi connectivity index (χ3v) is 2.46. The van der Waals surface area contributed by atoms with Gasteiger partial charge in [0.25, 0.3) is 5.91 Å². The van der Waals surface area contributed by atoms with Crippen molar-refractivity contribution in [1.29, 1.82) is 5.26 Å². The highest BCUT2D eigenvalue weighted by atomic mass is 35.5. The first-order valence-corrected chi connectivity index (χ1v) is 6.04. The van der Waals surface area contributed by atoms with Crippen LogP contribution in [-0.4, -0.2) is 11.9 Å². The molecule has 0 saturated heterocycles. The molecule has 1 amide bonds. The molecule has 1 rings (SSSR count). The Bertz CT molecular complexity index is 546. The molecule has 0 bridgehead atoms. The molecule has 0 unspecified atom stereocenters. The van der Waals surface area contributed by atoms with Crippen molar-refractivity contribution in [2.24, 2.45) is 0 Å². The van der Waals surface area contributed by atoms with Gasteiger partial charge in [-0.3, -0.25) is 4.79 Å². The molecule has 19 heavy (non-hydrogen) atoms. The maximum atomic E-state index is 11.7. The van der Waals surface area contributed by atoms with Crippen molar-refractivity contribution in [2.75, 3.05) is 11.1 Å². The molecule has 100 valence electrons. The normalized spacial score (nSPS) is 11.0. The summed E-state index contributed by atoms with van der Waals surface area (Å²) in [7, 11) is 0. The van der Waals surface area contributed by atoms with E-state index in [0.717, 1.165) is 0 Å². The Morgan fingerprint density at radius 1 is 1.53 bits per heavy atom. The van der Waals surface area contributed by atoms with E-state index in [1.165, 1.54) is 6.20 Å². The van der Waals surface area contributed by atoms with Crippen LogP contribution in [0.5, 0.6) is 0 Å². The van der Waals surface area contributed by atoms with Gasteiger partial charge in [0.15, 0.2) is 0 Å². The number of anilines is 2. The minimum atomic E-state index is -0.434. The maximum Gasteiger partial charge on any atom is 0.263 e. The van der Waals surface area contributed by atoms with Crippen LogP contribution in [0, 0.1) is 11.3 Å². The first-order chi connectivity index (χ1) is 8.93. The van der Waals surface area contributed by atoms with Gasteiger partial charge in [-0.15, -0.1) is 0 Å². The van der Waals surface area contributed by atoms with E-state index >= 15 is 0 Å². The summed E-state index contributed by atoms with van der Waals surface area (Å²) in [4.78, 5) is 11.7. The zero-order chi connectivity index (χ0) is 14.4. The average Bonchev–Trinajstić information content (AvgIpc) is 2.31. The topological polar surface area (TPSA) is 90.9 Å². The predicted molar refractivity (Wildman–Crippen MR) is 76.5 cm³/mol. The second-order valence-corrected chi connectivity index (χ2v) is 4.59. The van der Waals surface area contributed by atoms with Crippen LogP contribution in [0.15, 0.2) is 30.0 Å². The molecule has 6 heteroatoms. The molecule has 0 saturated carbocycles. The number of nitriles is 1. The minimum Gasteiger partial charge on any atom is -0.399 e. The quantitative estimate of drug-likeness (QED) is 0.448. The van der Waals surface area contributed by atoms with Crippen LogP contribution >= 0.6 is 11.6 Å². The summed E-state index contributed by atoms with van der Waals surface area (Å²) in [5.41, 5.74) is 6.65. The smallest absolute Gasteiger partial charge is 0.263 e. The Hall–Kier alpha value is -2.19. The molecule has 1 aromatic carbocycles. The zero-order valence-electron chi connectivity index (χ0n) is 10.7. The molecule has 0 radical (unpaired) electrons. The Kier molecular flexibility index (Phi) is 5.22. The number of amides is 1. The molecular formula is C13H15ClN4O. The van der Waals surface area contributed by atoms with Crippen LogP contribution in [0.4, 0.5) is 11.4 Å². The van der Waals surface area contributed by atoms with Crippen molar-refractivity contribution in [2.45, 2.75) is 19.9 Å². The number of nitrogens with two attached hydrogens (primary N) is 1. The molecule has 0 fully saturated rings. The van der Waals surface area contributed by atoms with Gasteiger partial charge in [0.05, 0.1) is 10.7 Å². The van der Waals surface area contributed by atoms with Gasteiger partial charge in [-0.2, -0.15) is 5.26 Å². The number of carbonyl (C=O) groups is 1. The van der Waals surface area contributed by atoms with Gasteiger partial charge < -0.3 is 16.4 Å². The molecule has 5 nitrogen and oxygen atoms in total. The molecular weight excluding hydrogens is 264 g/mol. The number of nitrogen functional groups attached to an aromatic ring is 1. The lowest BCUT2D eigenvalue weighted by Gasteiger charge is -2.08. The Morgan fingerprint density at radius 2 is 2.21 bits per heavy atom. The Morgan fingerprint density at radius 3 is 2.74 bits per heavy atom. The summed E-state index contributed by atoms with van der Waals surface area (Å²) >= 11 is 5.96. The average molecular weight is 279 g/mol. The van der Waals surface area contributed by atoms with E-state index in [-0.39, 0.29) is 11.6 Å². The molecule has 0 spiro atoms. The van der Waals surface area contributed by atoms with Crippen molar-refractivity contribution in [3.8, 4) is 6.07 Å². The second-order valence-electron chi connectivity index (χ2n) is 4.18. The van der Waals surface area contributed by atoms with Crippen molar-refractivity contribution in [3.05, 3.63) is 35.0 Å². The number of nitrogens with zero attached hydrogens (tertiary/aromatic N) is 1. The molecule has 0 aliphatic rings. The number of hydrogen-bond donors (Lipinski definition) is 3. The van der Waals surface area contributed by atoms with Crippen molar-refractivity contribution < 1.29 is 4.79 Å². The van der Waals surface area contributed by atoms with Gasteiger partial charge in [0.2, 0.25) is 0 Å². The largest absolute Gasteiger partial charge is 0.399 e. The third kappa shape index (κ3) is 4.53. The van der Waals surface area contributed by atoms with E-state index < -0.39 is 5.91 Å². The fourth-order valence-electron chi connectivity index (χ4n) is 1.29. The van der Waals surface area contributed by atoms with Crippen LogP contribution in [-0.2, 0) is 4.79 Å². The van der Waals surface area contributed by atoms with Gasteiger partial charge in [-0.05, 0) is 32.0 Å². The number of hydrogen-bond acceptors (Lipinski definition) is 4. The zero-order valence-corrected chi connectivity index (χ0v) is 11.5. The molecule has 0 heterocycles. The Labute approximate surface area is 117 Å². The number of rotatable bonds is 4. The summed E-state index contributed by atoms with van der Waals surface area (Å²) in [5.74, 6) is -0.434. The highest BCUT2D eigenvalue weighted by Gasteiger charge is 2.09. The lowest BCUT2D eigenvalue weighted by molar-refractivity contribution is -0.117. The number of nitrogens with one attached hydrogen (secondary N) is 2. The molecule has 0 aliphatic carbocycles. The lowest BCUT2D eigenvalue weighted by Crippen LogP contribution is -2.31. The van der Waals surface area contributed by atoms with E-state index in [1.807, 2.05) is 19.9 Å². The standard InChI is InChI=1S/C13H15ClN4O/c1-8(2)18-13(19)9(6-15)7-17-12-4-3-10(16)5-11(12)14/h3-5,7-8,17H,16H2,1-2H3,(H,18,19)/b9-7-. The van der Waals surface area contributed by atoms with E-state index in [2.05, 4.69) is 10.6 Å². The van der Waals surface area contributed by atoms with Gasteiger partial charge in [-0.25, -0.2) is 0 Å². The fraction of sp³-hybridized carbons (Fsp3) is 0.231. The SMILES string of the molecule is CC(C)NC(=O)/C(C#N)=C\Nc1ccc(N)cc1Cl. The van der Waals surface area contributed by atoms with Crippen molar-refractivity contribution >= 4 is 28.9 Å². The highest BCUT2D eigenvalue weighted by molar-refractivity contribution is 6.33. The van der Waals surface area contributed by atoms with Gasteiger partial charge >= 0.3 is 0 Å². The van der Waals surface area contributed by atoms with E-state index in [4.69, 9.17) is 22.6 Å². The number of benzene rings is 1. The molecule has 0 aromatic heterocycles. The summed E-state index contributed by atoms with van der Waals surface area (Å²) in [6.45, 7) is 3.63. The van der Waals surface area contributed by atoms with E-state index in [9.17, 15) is 4.79 Å². The molecule has 0 aliphatic heterocycles. The van der Waals surface area contributed by atoms with Crippen molar-refractivity contribution in [3.63, 3.8) is 0 Å². The number of halogens is 1. The second kappa shape index (κ2) is 6.66. The lowest BCUT2D eigenvalue weighted by atomic mass is 10.2. The monoisotopic (exact) mass is 278 g/mol. The molecule has 0 atom stereocenters. The van der Waals surface area contributed by atoms with E-state index in [1.54, 1.807) is 18.2 Å². The first kappa shape index (κ1) is 14.9.